The minimum absolute atomic E-state index is 0.0861. The first kappa shape index (κ1) is 60.1. The molecule has 0 bridgehead atoms. The third kappa shape index (κ3) is 50.0. The molecular weight excluding hydrogens is 781 g/mol. The van der Waals surface area contributed by atoms with E-state index in [0.717, 1.165) is 103 Å². The fourth-order valence-electron chi connectivity index (χ4n) is 7.43. The molecule has 364 valence electrons. The van der Waals surface area contributed by atoms with Gasteiger partial charge in [0.25, 0.3) is 0 Å². The van der Waals surface area contributed by atoms with Crippen molar-refractivity contribution >= 4 is 17.9 Å². The fourth-order valence-corrected chi connectivity index (χ4v) is 7.43. The van der Waals surface area contributed by atoms with Crippen LogP contribution in [0.4, 0.5) is 0 Å². The van der Waals surface area contributed by atoms with Gasteiger partial charge in [-0.3, -0.25) is 14.4 Å². The van der Waals surface area contributed by atoms with Gasteiger partial charge in [0.2, 0.25) is 0 Å². The zero-order valence-electron chi connectivity index (χ0n) is 41.6. The van der Waals surface area contributed by atoms with Gasteiger partial charge in [0, 0.05) is 19.3 Å². The predicted molar refractivity (Wildman–Crippen MR) is 270 cm³/mol. The summed E-state index contributed by atoms with van der Waals surface area (Å²) in [5.74, 6) is -0.911. The lowest BCUT2D eigenvalue weighted by atomic mass is 10.1. The van der Waals surface area contributed by atoms with Crippen molar-refractivity contribution in [2.24, 2.45) is 0 Å². The number of carbonyl (C=O) groups excluding carboxylic acids is 3. The molecule has 0 aromatic heterocycles. The predicted octanol–water partition coefficient (Wildman–Crippen LogP) is 17.6. The zero-order valence-corrected chi connectivity index (χ0v) is 41.6. The molecule has 0 amide bonds. The van der Waals surface area contributed by atoms with Crippen LogP contribution in [-0.4, -0.2) is 37.2 Å². The Morgan fingerprint density at radius 3 is 1.03 bits per heavy atom. The van der Waals surface area contributed by atoms with E-state index in [1.54, 1.807) is 0 Å². The van der Waals surface area contributed by atoms with Crippen LogP contribution in [0.15, 0.2) is 60.8 Å². The van der Waals surface area contributed by atoms with Crippen molar-refractivity contribution in [2.45, 2.75) is 271 Å². The Bertz CT molecular complexity index is 1150. The number of hydrogen-bond donors (Lipinski definition) is 0. The molecule has 0 fully saturated rings. The van der Waals surface area contributed by atoms with E-state index in [1.807, 2.05) is 0 Å². The molecular formula is C57H100O6. The van der Waals surface area contributed by atoms with Crippen LogP contribution in [0.5, 0.6) is 0 Å². The van der Waals surface area contributed by atoms with E-state index in [1.165, 1.54) is 122 Å². The number of unbranched alkanes of at least 4 members (excludes halogenated alkanes) is 27. The van der Waals surface area contributed by atoms with Crippen molar-refractivity contribution in [3.8, 4) is 0 Å². The van der Waals surface area contributed by atoms with Crippen LogP contribution in [-0.2, 0) is 28.6 Å². The second kappa shape index (κ2) is 51.7. The van der Waals surface area contributed by atoms with Crippen LogP contribution in [0.2, 0.25) is 0 Å². The maximum atomic E-state index is 12.8. The van der Waals surface area contributed by atoms with Gasteiger partial charge >= 0.3 is 17.9 Å². The Morgan fingerprint density at radius 1 is 0.333 bits per heavy atom. The summed E-state index contributed by atoms with van der Waals surface area (Å²) in [6.45, 7) is 6.48. The topological polar surface area (TPSA) is 78.9 Å². The summed E-state index contributed by atoms with van der Waals surface area (Å²) in [6, 6.07) is 0. The van der Waals surface area contributed by atoms with E-state index in [2.05, 4.69) is 81.5 Å². The molecule has 0 spiro atoms. The Hall–Kier alpha value is -2.89. The molecule has 0 N–H and O–H groups in total. The SMILES string of the molecule is CC/C=C\C/C=C\C/C=C\CCCCCCCCC(=O)OC(COC(=O)CCCCCCC/C=C\CCCC)COC(=O)CCCCCCC/C=C\CCCCCCCCCCC. The van der Waals surface area contributed by atoms with E-state index in [9.17, 15) is 14.4 Å². The molecule has 6 heteroatoms. The van der Waals surface area contributed by atoms with Gasteiger partial charge in [0.15, 0.2) is 6.10 Å². The number of rotatable bonds is 48. The number of hydrogen-bond acceptors (Lipinski definition) is 6. The lowest BCUT2D eigenvalue weighted by Crippen LogP contribution is -2.30. The monoisotopic (exact) mass is 881 g/mol. The summed E-state index contributed by atoms with van der Waals surface area (Å²) in [7, 11) is 0. The summed E-state index contributed by atoms with van der Waals surface area (Å²) in [5, 5.41) is 0. The Morgan fingerprint density at radius 2 is 0.635 bits per heavy atom. The van der Waals surface area contributed by atoms with Gasteiger partial charge in [-0.05, 0) is 96.3 Å². The van der Waals surface area contributed by atoms with Gasteiger partial charge in [-0.2, -0.15) is 0 Å². The summed E-state index contributed by atoms with van der Waals surface area (Å²) < 4.78 is 16.8. The first-order valence-corrected chi connectivity index (χ1v) is 26.8. The van der Waals surface area contributed by atoms with Gasteiger partial charge in [0.1, 0.15) is 13.2 Å². The average molecular weight is 881 g/mol. The number of carbonyl (C=O) groups is 3. The smallest absolute Gasteiger partial charge is 0.306 e. The van der Waals surface area contributed by atoms with Crippen LogP contribution >= 0.6 is 0 Å². The first-order chi connectivity index (χ1) is 31.0. The van der Waals surface area contributed by atoms with Crippen molar-refractivity contribution in [3.05, 3.63) is 60.8 Å². The highest BCUT2D eigenvalue weighted by molar-refractivity contribution is 5.71. The van der Waals surface area contributed by atoms with Crippen molar-refractivity contribution < 1.29 is 28.6 Å². The van der Waals surface area contributed by atoms with Crippen molar-refractivity contribution in [3.63, 3.8) is 0 Å². The van der Waals surface area contributed by atoms with Crippen LogP contribution in [0.1, 0.15) is 265 Å². The maximum absolute atomic E-state index is 12.8. The average Bonchev–Trinajstić information content (AvgIpc) is 3.28. The second-order valence-corrected chi connectivity index (χ2v) is 17.7. The van der Waals surface area contributed by atoms with Gasteiger partial charge in [-0.25, -0.2) is 0 Å². The Labute approximate surface area is 390 Å². The fraction of sp³-hybridized carbons (Fsp3) is 0.772. The van der Waals surface area contributed by atoms with Crippen LogP contribution in [0, 0.1) is 0 Å². The van der Waals surface area contributed by atoms with Gasteiger partial charge < -0.3 is 14.2 Å². The quantitative estimate of drug-likeness (QED) is 0.0262. The van der Waals surface area contributed by atoms with Gasteiger partial charge in [-0.15, -0.1) is 0 Å². The Kier molecular flexibility index (Phi) is 49.4. The molecule has 0 aliphatic heterocycles. The standard InChI is InChI=1S/C57H100O6/c1-4-7-10-13-16-19-22-24-26-28-29-31-32-35-38-41-44-47-50-56(59)62-53-54(52-61-55(58)49-46-43-40-37-34-21-18-15-12-9-6-3)63-57(60)51-48-45-42-39-36-33-30-27-25-23-20-17-14-11-8-5-2/h8,11,15,17-18,20,25,27,29,31,54H,4-7,9-10,12-14,16,19,21-24,26,28,30,32-53H2,1-3H3/b11-8-,18-15-,20-17-,27-25-,31-29-. The van der Waals surface area contributed by atoms with Crippen LogP contribution < -0.4 is 0 Å². The molecule has 6 nitrogen and oxygen atoms in total. The molecule has 1 unspecified atom stereocenters. The van der Waals surface area contributed by atoms with Crippen molar-refractivity contribution in [1.82, 2.24) is 0 Å². The molecule has 0 aromatic rings. The van der Waals surface area contributed by atoms with E-state index in [0.29, 0.717) is 19.3 Å². The summed E-state index contributed by atoms with van der Waals surface area (Å²) in [4.78, 5) is 38.0. The lowest BCUT2D eigenvalue weighted by Gasteiger charge is -2.18. The second-order valence-electron chi connectivity index (χ2n) is 17.7. The van der Waals surface area contributed by atoms with Crippen LogP contribution in [0.25, 0.3) is 0 Å². The minimum Gasteiger partial charge on any atom is -0.462 e. The van der Waals surface area contributed by atoms with Crippen LogP contribution in [0.3, 0.4) is 0 Å². The first-order valence-electron chi connectivity index (χ1n) is 26.8. The van der Waals surface area contributed by atoms with E-state index in [-0.39, 0.29) is 31.1 Å². The molecule has 0 saturated carbocycles. The molecule has 0 aliphatic rings. The number of esters is 3. The molecule has 0 saturated heterocycles. The molecule has 1 atom stereocenters. The number of ether oxygens (including phenoxy) is 3. The third-order valence-corrected chi connectivity index (χ3v) is 11.5. The summed E-state index contributed by atoms with van der Waals surface area (Å²) in [6.07, 6.45) is 63.5. The minimum atomic E-state index is -0.786. The van der Waals surface area contributed by atoms with E-state index >= 15 is 0 Å². The van der Waals surface area contributed by atoms with Crippen molar-refractivity contribution in [2.75, 3.05) is 13.2 Å². The summed E-state index contributed by atoms with van der Waals surface area (Å²) in [5.41, 5.74) is 0. The highest BCUT2D eigenvalue weighted by Crippen LogP contribution is 2.15. The van der Waals surface area contributed by atoms with Crippen molar-refractivity contribution in [1.29, 1.82) is 0 Å². The molecule has 0 heterocycles. The van der Waals surface area contributed by atoms with E-state index in [4.69, 9.17) is 14.2 Å². The molecule has 0 aliphatic carbocycles. The third-order valence-electron chi connectivity index (χ3n) is 11.5. The lowest BCUT2D eigenvalue weighted by molar-refractivity contribution is -0.167. The molecule has 63 heavy (non-hydrogen) atoms. The number of allylic oxidation sites excluding steroid dienone is 10. The van der Waals surface area contributed by atoms with Gasteiger partial charge in [0.05, 0.1) is 0 Å². The zero-order chi connectivity index (χ0) is 45.8. The normalized spacial score (nSPS) is 12.5. The highest BCUT2D eigenvalue weighted by atomic mass is 16.6. The summed E-state index contributed by atoms with van der Waals surface area (Å²) >= 11 is 0. The van der Waals surface area contributed by atoms with Gasteiger partial charge in [-0.1, -0.05) is 210 Å². The largest absolute Gasteiger partial charge is 0.462 e. The molecule has 0 rings (SSSR count). The van der Waals surface area contributed by atoms with E-state index < -0.39 is 6.10 Å². The molecule has 0 radical (unpaired) electrons. The molecule has 0 aromatic carbocycles. The highest BCUT2D eigenvalue weighted by Gasteiger charge is 2.19. The Balaban J connectivity index is 4.37. The maximum Gasteiger partial charge on any atom is 0.306 e.